The Balaban J connectivity index is 1.31. The highest BCUT2D eigenvalue weighted by atomic mass is 16.5. The highest BCUT2D eigenvalue weighted by Crippen LogP contribution is 2.40. The number of benzene rings is 4. The Morgan fingerprint density at radius 2 is 1.39 bits per heavy atom. The van der Waals surface area contributed by atoms with Gasteiger partial charge in [0.1, 0.15) is 19.5 Å². The molecule has 4 aromatic carbocycles. The highest BCUT2D eigenvalue weighted by Gasteiger charge is 2.30. The van der Waals surface area contributed by atoms with Gasteiger partial charge in [0, 0.05) is 0 Å². The minimum absolute atomic E-state index is 0.00213. The van der Waals surface area contributed by atoms with Crippen LogP contribution in [0.4, 0.5) is 5.95 Å². The van der Waals surface area contributed by atoms with Crippen LogP contribution in [-0.2, 0) is 13.2 Å². The molecule has 6 nitrogen and oxygen atoms in total. The lowest BCUT2D eigenvalue weighted by Gasteiger charge is -2.32. The van der Waals surface area contributed by atoms with Crippen molar-refractivity contribution in [1.29, 1.82) is 0 Å². The first-order valence-electron chi connectivity index (χ1n) is 12.9. The predicted molar refractivity (Wildman–Crippen MR) is 148 cm³/mol. The van der Waals surface area contributed by atoms with Crippen molar-refractivity contribution in [3.63, 3.8) is 0 Å². The summed E-state index contributed by atoms with van der Waals surface area (Å²) in [5.74, 6) is 2.20. The van der Waals surface area contributed by atoms with Crippen LogP contribution in [0, 0.1) is 6.92 Å². The van der Waals surface area contributed by atoms with Crippen molar-refractivity contribution in [1.82, 2.24) is 14.8 Å². The molecule has 0 amide bonds. The molecule has 0 unspecified atom stereocenters. The molecule has 0 saturated heterocycles. The Labute approximate surface area is 222 Å². The van der Waals surface area contributed by atoms with Gasteiger partial charge in [-0.1, -0.05) is 96.6 Å². The minimum atomic E-state index is 0.00213. The van der Waals surface area contributed by atoms with Gasteiger partial charge in [-0.2, -0.15) is 10.1 Å². The SMILES string of the molecule is Cc1ccc([C@H]2C[C@@H](c3ccc(OCc4ccccc4)c(OCc4ccccc4)c3)n3ncnc3N2)cc1. The summed E-state index contributed by atoms with van der Waals surface area (Å²) in [6.07, 6.45) is 2.44. The van der Waals surface area contributed by atoms with E-state index in [1.165, 1.54) is 11.1 Å². The molecule has 0 radical (unpaired) electrons. The van der Waals surface area contributed by atoms with E-state index in [4.69, 9.17) is 9.47 Å². The van der Waals surface area contributed by atoms with Crippen molar-refractivity contribution in [3.8, 4) is 11.5 Å². The number of anilines is 1. The van der Waals surface area contributed by atoms with E-state index in [-0.39, 0.29) is 12.1 Å². The fourth-order valence-corrected chi connectivity index (χ4v) is 4.85. The molecule has 2 atom stereocenters. The van der Waals surface area contributed by atoms with Crippen molar-refractivity contribution in [2.45, 2.75) is 38.6 Å². The maximum atomic E-state index is 6.35. The summed E-state index contributed by atoms with van der Waals surface area (Å²) in [5.41, 5.74) is 5.79. The van der Waals surface area contributed by atoms with E-state index in [1.54, 1.807) is 6.33 Å². The first-order chi connectivity index (χ1) is 18.7. The molecule has 1 N–H and O–H groups in total. The van der Waals surface area contributed by atoms with Crippen LogP contribution in [0.3, 0.4) is 0 Å². The largest absolute Gasteiger partial charge is 0.485 e. The summed E-state index contributed by atoms with van der Waals surface area (Å²) >= 11 is 0. The summed E-state index contributed by atoms with van der Waals surface area (Å²) in [5, 5.41) is 8.11. The number of aryl methyl sites for hydroxylation is 1. The summed E-state index contributed by atoms with van der Waals surface area (Å²) in [6.45, 7) is 3.03. The Morgan fingerprint density at radius 3 is 2.08 bits per heavy atom. The van der Waals surface area contributed by atoms with Crippen molar-refractivity contribution in [3.05, 3.63) is 137 Å². The van der Waals surface area contributed by atoms with E-state index in [0.29, 0.717) is 13.2 Å². The van der Waals surface area contributed by atoms with Gasteiger partial charge in [-0.25, -0.2) is 4.68 Å². The Hall–Kier alpha value is -4.58. The molecule has 5 aromatic rings. The van der Waals surface area contributed by atoms with Gasteiger partial charge in [-0.05, 0) is 47.7 Å². The Kier molecular flexibility index (Phi) is 6.77. The summed E-state index contributed by atoms with van der Waals surface area (Å²) in [6, 6.07) is 35.4. The molecule has 6 heteroatoms. The molecule has 1 aliphatic rings. The molecule has 0 aliphatic carbocycles. The molecule has 2 heterocycles. The van der Waals surface area contributed by atoms with E-state index >= 15 is 0 Å². The van der Waals surface area contributed by atoms with Gasteiger partial charge < -0.3 is 14.8 Å². The van der Waals surface area contributed by atoms with E-state index in [2.05, 4.69) is 83.0 Å². The molecule has 1 aliphatic heterocycles. The quantitative estimate of drug-likeness (QED) is 0.250. The van der Waals surface area contributed by atoms with Gasteiger partial charge in [0.15, 0.2) is 11.5 Å². The number of aromatic nitrogens is 3. The Bertz CT molecular complexity index is 1480. The van der Waals surface area contributed by atoms with E-state index in [9.17, 15) is 0 Å². The summed E-state index contributed by atoms with van der Waals surface area (Å²) in [4.78, 5) is 4.49. The monoisotopic (exact) mass is 502 g/mol. The number of hydrogen-bond donors (Lipinski definition) is 1. The number of nitrogens with one attached hydrogen (secondary N) is 1. The summed E-state index contributed by atoms with van der Waals surface area (Å²) < 4.78 is 14.6. The van der Waals surface area contributed by atoms with Gasteiger partial charge in [0.05, 0.1) is 12.1 Å². The van der Waals surface area contributed by atoms with Crippen LogP contribution < -0.4 is 14.8 Å². The van der Waals surface area contributed by atoms with Crippen LogP contribution in [0.15, 0.2) is 109 Å². The fourth-order valence-electron chi connectivity index (χ4n) is 4.85. The first kappa shape index (κ1) is 23.8. The number of hydrogen-bond acceptors (Lipinski definition) is 5. The normalized spacial score (nSPS) is 16.3. The molecule has 0 fully saturated rings. The maximum Gasteiger partial charge on any atom is 0.222 e. The van der Waals surface area contributed by atoms with Gasteiger partial charge in [0.25, 0.3) is 0 Å². The topological polar surface area (TPSA) is 61.2 Å². The van der Waals surface area contributed by atoms with Crippen LogP contribution in [0.2, 0.25) is 0 Å². The van der Waals surface area contributed by atoms with Crippen LogP contribution in [0.1, 0.15) is 46.3 Å². The molecule has 0 bridgehead atoms. The van der Waals surface area contributed by atoms with Crippen LogP contribution in [0.25, 0.3) is 0 Å². The van der Waals surface area contributed by atoms with E-state index < -0.39 is 0 Å². The second kappa shape index (κ2) is 10.8. The highest BCUT2D eigenvalue weighted by molar-refractivity contribution is 5.46. The van der Waals surface area contributed by atoms with Gasteiger partial charge in [-0.15, -0.1) is 0 Å². The second-order valence-electron chi connectivity index (χ2n) is 9.64. The summed E-state index contributed by atoms with van der Waals surface area (Å²) in [7, 11) is 0. The Morgan fingerprint density at radius 1 is 0.763 bits per heavy atom. The maximum absolute atomic E-state index is 6.35. The molecule has 0 saturated carbocycles. The van der Waals surface area contributed by atoms with Crippen LogP contribution >= 0.6 is 0 Å². The van der Waals surface area contributed by atoms with Crippen LogP contribution in [0.5, 0.6) is 11.5 Å². The third-order valence-corrected chi connectivity index (χ3v) is 6.94. The average Bonchev–Trinajstić information content (AvgIpc) is 3.45. The average molecular weight is 503 g/mol. The standard InChI is InChI=1S/C32H30N4O2/c1-23-12-14-26(15-13-23)28-19-29(36-32(35-28)33-22-34-36)27-16-17-30(37-20-24-8-4-2-5-9-24)31(18-27)38-21-25-10-6-3-7-11-25/h2-18,22,28-29H,19-21H2,1H3,(H,33,34,35)/t28-,29+/m1/s1. The molecule has 38 heavy (non-hydrogen) atoms. The van der Waals surface area contributed by atoms with Crippen molar-refractivity contribution >= 4 is 5.95 Å². The zero-order valence-corrected chi connectivity index (χ0v) is 21.3. The lowest BCUT2D eigenvalue weighted by molar-refractivity contribution is 0.255. The number of nitrogens with zero attached hydrogens (tertiary/aromatic N) is 3. The van der Waals surface area contributed by atoms with Crippen molar-refractivity contribution in [2.24, 2.45) is 0 Å². The first-order valence-corrected chi connectivity index (χ1v) is 12.9. The second-order valence-corrected chi connectivity index (χ2v) is 9.64. The number of fused-ring (bicyclic) bond motifs is 1. The van der Waals surface area contributed by atoms with Crippen LogP contribution in [-0.4, -0.2) is 14.8 Å². The number of rotatable bonds is 8. The zero-order valence-electron chi connectivity index (χ0n) is 21.3. The van der Waals surface area contributed by atoms with Crippen molar-refractivity contribution in [2.75, 3.05) is 5.32 Å². The zero-order chi connectivity index (χ0) is 25.7. The number of ether oxygens (including phenoxy) is 2. The molecular formula is C32H30N4O2. The lowest BCUT2D eigenvalue weighted by Crippen LogP contribution is -2.28. The van der Waals surface area contributed by atoms with E-state index in [0.717, 1.165) is 40.6 Å². The molecule has 6 rings (SSSR count). The van der Waals surface area contributed by atoms with Gasteiger partial charge >= 0.3 is 0 Å². The molecule has 190 valence electrons. The third-order valence-electron chi connectivity index (χ3n) is 6.94. The smallest absolute Gasteiger partial charge is 0.222 e. The molecular weight excluding hydrogens is 472 g/mol. The lowest BCUT2D eigenvalue weighted by atomic mass is 9.93. The predicted octanol–water partition coefficient (Wildman–Crippen LogP) is 6.89. The van der Waals surface area contributed by atoms with Gasteiger partial charge in [-0.3, -0.25) is 0 Å². The van der Waals surface area contributed by atoms with Crippen molar-refractivity contribution < 1.29 is 9.47 Å². The fraction of sp³-hybridized carbons (Fsp3) is 0.188. The van der Waals surface area contributed by atoms with Gasteiger partial charge in [0.2, 0.25) is 5.95 Å². The van der Waals surface area contributed by atoms with E-state index in [1.807, 2.05) is 47.1 Å². The molecule has 0 spiro atoms. The third kappa shape index (κ3) is 5.25. The minimum Gasteiger partial charge on any atom is -0.485 e. The molecule has 1 aromatic heterocycles.